The van der Waals surface area contributed by atoms with Crippen LogP contribution >= 0.6 is 0 Å². The van der Waals surface area contributed by atoms with Crippen molar-refractivity contribution in [3.05, 3.63) is 110 Å². The van der Waals surface area contributed by atoms with E-state index in [0.717, 1.165) is 40.6 Å². The summed E-state index contributed by atoms with van der Waals surface area (Å²) in [6.07, 6.45) is 5.94. The summed E-state index contributed by atoms with van der Waals surface area (Å²) in [4.78, 5) is 27.1. The molecule has 33 heavy (non-hydrogen) atoms. The van der Waals surface area contributed by atoms with E-state index in [1.165, 1.54) is 19.3 Å². The van der Waals surface area contributed by atoms with Gasteiger partial charge in [0.2, 0.25) is 0 Å². The van der Waals surface area contributed by atoms with Crippen LogP contribution in [0.3, 0.4) is 0 Å². The number of benzene rings is 5. The highest BCUT2D eigenvalue weighted by atomic mass is 16.1. The third-order valence-corrected chi connectivity index (χ3v) is 7.10. The van der Waals surface area contributed by atoms with Crippen LogP contribution in [0.2, 0.25) is 0 Å². The second-order valence-corrected chi connectivity index (χ2v) is 9.12. The third-order valence-electron chi connectivity index (χ3n) is 7.10. The van der Waals surface area contributed by atoms with E-state index in [-0.39, 0.29) is 10.9 Å². The van der Waals surface area contributed by atoms with Crippen LogP contribution < -0.4 is 21.4 Å². The summed E-state index contributed by atoms with van der Waals surface area (Å²) in [6, 6.07) is 25.8. The van der Waals surface area contributed by atoms with E-state index in [1.807, 2.05) is 66.7 Å². The molecule has 0 saturated heterocycles. The molecule has 3 heteroatoms. The van der Waals surface area contributed by atoms with Gasteiger partial charge in [0, 0.05) is 33.0 Å². The van der Waals surface area contributed by atoms with Gasteiger partial charge < -0.3 is 5.32 Å². The maximum Gasteiger partial charge on any atom is 0.195 e. The predicted octanol–water partition coefficient (Wildman–Crippen LogP) is 5.05. The number of rotatable bonds is 3. The fraction of sp³-hybridized carbons (Fsp3) is 0.200. The Bertz CT molecular complexity index is 1600. The molecule has 6 rings (SSSR count). The molecule has 0 bridgehead atoms. The maximum absolute atomic E-state index is 13.9. The number of nitrogens with one attached hydrogen (secondary N) is 1. The second kappa shape index (κ2) is 8.00. The van der Waals surface area contributed by atoms with Gasteiger partial charge in [-0.25, -0.2) is 0 Å². The first-order valence-corrected chi connectivity index (χ1v) is 11.8. The summed E-state index contributed by atoms with van der Waals surface area (Å²) < 4.78 is 0. The normalized spacial score (nSPS) is 15.9. The Labute approximate surface area is 192 Å². The Morgan fingerprint density at radius 1 is 0.667 bits per heavy atom. The van der Waals surface area contributed by atoms with Gasteiger partial charge in [-0.1, -0.05) is 92.1 Å². The van der Waals surface area contributed by atoms with E-state index in [4.69, 9.17) is 0 Å². The summed E-state index contributed by atoms with van der Waals surface area (Å²) in [5.41, 5.74) is 3.62. The fourth-order valence-electron chi connectivity index (χ4n) is 5.48. The number of hydrogen-bond acceptors (Lipinski definition) is 3. The highest BCUT2D eigenvalue weighted by Gasteiger charge is 2.21. The highest BCUT2D eigenvalue weighted by molar-refractivity contribution is 6.11. The van der Waals surface area contributed by atoms with Crippen LogP contribution in [0.4, 0.5) is 0 Å². The average Bonchev–Trinajstić information content (AvgIpc) is 2.88. The Kier molecular flexibility index (Phi) is 4.83. The molecule has 0 atom stereocenters. The first-order chi connectivity index (χ1) is 16.2. The Balaban J connectivity index is 1.76. The predicted molar refractivity (Wildman–Crippen MR) is 136 cm³/mol. The topological polar surface area (TPSA) is 46.2 Å². The van der Waals surface area contributed by atoms with Gasteiger partial charge in [0.1, 0.15) is 0 Å². The van der Waals surface area contributed by atoms with E-state index in [2.05, 4.69) is 17.4 Å². The van der Waals surface area contributed by atoms with E-state index >= 15 is 0 Å². The lowest BCUT2D eigenvalue weighted by molar-refractivity contribution is 0.408. The van der Waals surface area contributed by atoms with Gasteiger partial charge in [0.15, 0.2) is 10.9 Å². The van der Waals surface area contributed by atoms with Crippen molar-refractivity contribution in [3.63, 3.8) is 0 Å². The van der Waals surface area contributed by atoms with Crippen molar-refractivity contribution in [2.45, 2.75) is 38.1 Å². The quantitative estimate of drug-likeness (QED) is 0.321. The largest absolute Gasteiger partial charge is 0.381 e. The van der Waals surface area contributed by atoms with Gasteiger partial charge in [0.25, 0.3) is 0 Å². The number of fused-ring (bicyclic) bond motifs is 2. The van der Waals surface area contributed by atoms with E-state index < -0.39 is 0 Å². The van der Waals surface area contributed by atoms with Gasteiger partial charge in [-0.2, -0.15) is 0 Å². The SMILES string of the molecule is O=c1c(=C(NC2CCCCC2)c2ccccc2)cc2c3ccccc3c(=O)c3cccc1c3-2. The summed E-state index contributed by atoms with van der Waals surface area (Å²) in [5.74, 6) is 0. The van der Waals surface area contributed by atoms with Crippen LogP contribution in [0.1, 0.15) is 37.7 Å². The molecular weight excluding hydrogens is 406 g/mol. The van der Waals surface area contributed by atoms with Crippen LogP contribution in [0.5, 0.6) is 0 Å². The molecule has 3 nitrogen and oxygen atoms in total. The zero-order valence-corrected chi connectivity index (χ0v) is 18.4. The number of hydrogen-bond donors (Lipinski definition) is 1. The Hall–Kier alpha value is -3.72. The first-order valence-electron chi connectivity index (χ1n) is 11.8. The standard InChI is InChI=1S/C30H25NO2/c32-29-22-15-8-7-14-21(22)25-18-26(30(33)24-17-9-16-23(29)27(24)25)28(19-10-3-1-4-11-19)31-20-12-5-2-6-13-20/h1,3-4,7-11,14-18,20,31H,2,5-6,12-13H2. The fourth-order valence-corrected chi connectivity index (χ4v) is 5.48. The molecular formula is C30H25NO2. The molecule has 162 valence electrons. The van der Waals surface area contributed by atoms with Crippen LogP contribution in [-0.2, 0) is 0 Å². The smallest absolute Gasteiger partial charge is 0.195 e. The van der Waals surface area contributed by atoms with Crippen molar-refractivity contribution in [3.8, 4) is 11.1 Å². The summed E-state index contributed by atoms with van der Waals surface area (Å²) in [7, 11) is 0. The molecule has 0 radical (unpaired) electrons. The molecule has 1 N–H and O–H groups in total. The van der Waals surface area contributed by atoms with Crippen molar-refractivity contribution in [1.82, 2.24) is 5.32 Å². The maximum atomic E-state index is 13.9. The summed E-state index contributed by atoms with van der Waals surface area (Å²) in [6.45, 7) is 0. The minimum atomic E-state index is -0.0232. The van der Waals surface area contributed by atoms with Gasteiger partial charge >= 0.3 is 0 Å². The first kappa shape index (κ1) is 19.9. The summed E-state index contributed by atoms with van der Waals surface area (Å²) >= 11 is 0. The molecule has 0 aromatic heterocycles. The minimum absolute atomic E-state index is 0.0107. The molecule has 0 amide bonds. The molecule has 3 aromatic rings. The molecule has 3 aromatic carbocycles. The van der Waals surface area contributed by atoms with Crippen LogP contribution in [0.25, 0.3) is 38.4 Å². The molecule has 3 aliphatic rings. The average molecular weight is 432 g/mol. The zero-order chi connectivity index (χ0) is 22.4. The monoisotopic (exact) mass is 431 g/mol. The zero-order valence-electron chi connectivity index (χ0n) is 18.4. The van der Waals surface area contributed by atoms with E-state index in [0.29, 0.717) is 27.4 Å². The molecule has 0 unspecified atom stereocenters. The second-order valence-electron chi connectivity index (χ2n) is 9.12. The molecule has 1 saturated carbocycles. The summed E-state index contributed by atoms with van der Waals surface area (Å²) in [5, 5.41) is 7.26. The van der Waals surface area contributed by atoms with Crippen LogP contribution in [-0.4, -0.2) is 6.04 Å². The molecule has 0 spiro atoms. The van der Waals surface area contributed by atoms with Crippen molar-refractivity contribution >= 4 is 27.2 Å². The highest BCUT2D eigenvalue weighted by Crippen LogP contribution is 2.34. The van der Waals surface area contributed by atoms with Gasteiger partial charge in [-0.05, 0) is 35.4 Å². The van der Waals surface area contributed by atoms with Gasteiger partial charge in [0.05, 0.1) is 5.70 Å². The van der Waals surface area contributed by atoms with Crippen molar-refractivity contribution in [2.75, 3.05) is 0 Å². The van der Waals surface area contributed by atoms with Gasteiger partial charge in [-0.15, -0.1) is 0 Å². The lowest BCUT2D eigenvalue weighted by Crippen LogP contribution is -2.38. The molecule has 0 heterocycles. The van der Waals surface area contributed by atoms with Crippen molar-refractivity contribution < 1.29 is 0 Å². The molecule has 0 aliphatic heterocycles. The third kappa shape index (κ3) is 3.27. The molecule has 3 aliphatic carbocycles. The molecule has 1 fully saturated rings. The lowest BCUT2D eigenvalue weighted by Gasteiger charge is -2.26. The van der Waals surface area contributed by atoms with E-state index in [9.17, 15) is 9.59 Å². The lowest BCUT2D eigenvalue weighted by atomic mass is 9.87. The van der Waals surface area contributed by atoms with Crippen LogP contribution in [0, 0.1) is 0 Å². The van der Waals surface area contributed by atoms with Gasteiger partial charge in [-0.3, -0.25) is 9.59 Å². The van der Waals surface area contributed by atoms with E-state index in [1.54, 1.807) is 0 Å². The van der Waals surface area contributed by atoms with Crippen LogP contribution in [0.15, 0.2) is 88.5 Å². The Morgan fingerprint density at radius 2 is 1.30 bits per heavy atom. The van der Waals surface area contributed by atoms with Crippen molar-refractivity contribution in [2.24, 2.45) is 0 Å². The van der Waals surface area contributed by atoms with Crippen molar-refractivity contribution in [1.29, 1.82) is 0 Å². The minimum Gasteiger partial charge on any atom is -0.381 e. The Morgan fingerprint density at radius 3 is 2.06 bits per heavy atom.